The van der Waals surface area contributed by atoms with Crippen LogP contribution in [0.15, 0.2) is 30.3 Å². The van der Waals surface area contributed by atoms with Crippen molar-refractivity contribution in [2.75, 3.05) is 13.2 Å². The van der Waals surface area contributed by atoms with Crippen LogP contribution in [0.3, 0.4) is 0 Å². The van der Waals surface area contributed by atoms with E-state index < -0.39 is 11.5 Å². The van der Waals surface area contributed by atoms with Crippen LogP contribution in [0.25, 0.3) is 0 Å². The third-order valence-corrected chi connectivity index (χ3v) is 3.12. The van der Waals surface area contributed by atoms with E-state index in [1.165, 1.54) is 0 Å². The summed E-state index contributed by atoms with van der Waals surface area (Å²) in [6, 6.07) is 9.79. The van der Waals surface area contributed by atoms with Crippen LogP contribution in [0.1, 0.15) is 18.4 Å². The third kappa shape index (κ3) is 2.84. The average molecular weight is 235 g/mol. The van der Waals surface area contributed by atoms with Crippen LogP contribution in [0.2, 0.25) is 0 Å². The summed E-state index contributed by atoms with van der Waals surface area (Å²) >= 11 is 0. The number of carboxylic acid groups (broad SMARTS) is 1. The van der Waals surface area contributed by atoms with Gasteiger partial charge in [-0.05, 0) is 18.4 Å². The highest BCUT2D eigenvalue weighted by atomic mass is 16.5. The lowest BCUT2D eigenvalue weighted by Gasteiger charge is -2.34. The van der Waals surface area contributed by atoms with E-state index in [0.29, 0.717) is 19.6 Å². The number of ether oxygens (including phenoxy) is 1. The number of aliphatic carboxylic acids is 1. The van der Waals surface area contributed by atoms with Gasteiger partial charge in [0.25, 0.3) is 0 Å². The summed E-state index contributed by atoms with van der Waals surface area (Å²) in [5.41, 5.74) is 0.160. The van der Waals surface area contributed by atoms with Crippen LogP contribution < -0.4 is 5.32 Å². The van der Waals surface area contributed by atoms with Crippen molar-refractivity contribution in [2.24, 2.45) is 0 Å². The quantitative estimate of drug-likeness (QED) is 0.828. The first-order valence-corrected chi connectivity index (χ1v) is 5.83. The van der Waals surface area contributed by atoms with E-state index in [9.17, 15) is 9.90 Å². The molecule has 2 rings (SSSR count). The zero-order valence-corrected chi connectivity index (χ0v) is 9.69. The van der Waals surface area contributed by atoms with Gasteiger partial charge in [0.15, 0.2) is 0 Å². The highest BCUT2D eigenvalue weighted by molar-refractivity contribution is 5.79. The Morgan fingerprint density at radius 2 is 2.18 bits per heavy atom. The molecule has 1 aromatic carbocycles. The van der Waals surface area contributed by atoms with Gasteiger partial charge in [0.2, 0.25) is 0 Å². The Balaban J connectivity index is 2.01. The molecule has 0 spiro atoms. The molecular weight excluding hydrogens is 218 g/mol. The monoisotopic (exact) mass is 235 g/mol. The summed E-state index contributed by atoms with van der Waals surface area (Å²) in [5, 5.41) is 12.5. The highest BCUT2D eigenvalue weighted by Gasteiger charge is 2.40. The Hall–Kier alpha value is -1.39. The van der Waals surface area contributed by atoms with Crippen LogP contribution >= 0.6 is 0 Å². The van der Waals surface area contributed by atoms with E-state index >= 15 is 0 Å². The van der Waals surface area contributed by atoms with E-state index in [2.05, 4.69) is 5.32 Å². The molecule has 4 heteroatoms. The van der Waals surface area contributed by atoms with Gasteiger partial charge in [-0.1, -0.05) is 30.3 Å². The highest BCUT2D eigenvalue weighted by Crippen LogP contribution is 2.20. The normalized spacial score (nSPS) is 24.5. The summed E-state index contributed by atoms with van der Waals surface area (Å²) in [6.45, 7) is 1.45. The molecule has 1 aliphatic heterocycles. The van der Waals surface area contributed by atoms with Crippen molar-refractivity contribution in [1.82, 2.24) is 5.32 Å². The van der Waals surface area contributed by atoms with Gasteiger partial charge in [0.1, 0.15) is 5.54 Å². The topological polar surface area (TPSA) is 58.6 Å². The summed E-state index contributed by atoms with van der Waals surface area (Å²) < 4.78 is 5.29. The maximum Gasteiger partial charge on any atom is 0.326 e. The summed E-state index contributed by atoms with van der Waals surface area (Å²) in [7, 11) is 0. The van der Waals surface area contributed by atoms with Crippen molar-refractivity contribution in [3.8, 4) is 0 Å². The summed E-state index contributed by atoms with van der Waals surface area (Å²) in [6.07, 6.45) is 1.41. The molecule has 1 aromatic rings. The van der Waals surface area contributed by atoms with Gasteiger partial charge >= 0.3 is 5.97 Å². The summed E-state index contributed by atoms with van der Waals surface area (Å²) in [5.74, 6) is -0.826. The lowest BCUT2D eigenvalue weighted by molar-refractivity contribution is -0.151. The number of hydrogen-bond acceptors (Lipinski definition) is 3. The molecular formula is C13H17NO3. The third-order valence-electron chi connectivity index (χ3n) is 3.12. The van der Waals surface area contributed by atoms with E-state index in [1.54, 1.807) is 0 Å². The van der Waals surface area contributed by atoms with Gasteiger partial charge in [0, 0.05) is 13.2 Å². The predicted molar refractivity (Wildman–Crippen MR) is 63.7 cm³/mol. The van der Waals surface area contributed by atoms with Crippen molar-refractivity contribution in [3.63, 3.8) is 0 Å². The molecule has 1 unspecified atom stereocenters. The minimum absolute atomic E-state index is 0.245. The fourth-order valence-electron chi connectivity index (χ4n) is 2.05. The second kappa shape index (κ2) is 5.29. The average Bonchev–Trinajstić information content (AvgIpc) is 2.38. The van der Waals surface area contributed by atoms with Crippen LogP contribution in [0.4, 0.5) is 0 Å². The number of rotatable bonds is 4. The van der Waals surface area contributed by atoms with E-state index in [0.717, 1.165) is 12.0 Å². The maximum atomic E-state index is 11.4. The lowest BCUT2D eigenvalue weighted by atomic mass is 9.92. The van der Waals surface area contributed by atoms with E-state index in [4.69, 9.17) is 4.74 Å². The molecule has 2 N–H and O–H groups in total. The Kier molecular flexibility index (Phi) is 3.76. The smallest absolute Gasteiger partial charge is 0.326 e. The van der Waals surface area contributed by atoms with Crippen molar-refractivity contribution in [1.29, 1.82) is 0 Å². The van der Waals surface area contributed by atoms with E-state index in [1.807, 2.05) is 30.3 Å². The Bertz CT molecular complexity index is 372. The Morgan fingerprint density at radius 3 is 2.76 bits per heavy atom. The molecule has 0 aromatic heterocycles. The second-order valence-electron chi connectivity index (χ2n) is 4.38. The zero-order chi connectivity index (χ0) is 12.1. The standard InChI is InChI=1S/C13H17NO3/c15-12(16)13(7-4-8-17-10-13)14-9-11-5-2-1-3-6-11/h1-3,5-6,14H,4,7-10H2,(H,15,16). The number of carbonyl (C=O) groups is 1. The molecule has 1 atom stereocenters. The second-order valence-corrected chi connectivity index (χ2v) is 4.38. The SMILES string of the molecule is O=C(O)C1(NCc2ccccc2)CCCOC1. The largest absolute Gasteiger partial charge is 0.480 e. The minimum atomic E-state index is -0.923. The fourth-order valence-corrected chi connectivity index (χ4v) is 2.05. The van der Waals surface area contributed by atoms with Crippen molar-refractivity contribution < 1.29 is 14.6 Å². The molecule has 0 amide bonds. The Morgan fingerprint density at radius 1 is 1.41 bits per heavy atom. The van der Waals surface area contributed by atoms with Crippen molar-refractivity contribution >= 4 is 5.97 Å². The number of hydrogen-bond donors (Lipinski definition) is 2. The van der Waals surface area contributed by atoms with Gasteiger partial charge < -0.3 is 9.84 Å². The number of carboxylic acids is 1. The first-order chi connectivity index (χ1) is 8.23. The molecule has 0 saturated carbocycles. The van der Waals surface area contributed by atoms with Gasteiger partial charge in [-0.15, -0.1) is 0 Å². The van der Waals surface area contributed by atoms with Gasteiger partial charge in [-0.3, -0.25) is 10.1 Å². The van der Waals surface area contributed by atoms with Crippen LogP contribution in [-0.2, 0) is 16.1 Å². The van der Waals surface area contributed by atoms with Gasteiger partial charge in [-0.2, -0.15) is 0 Å². The minimum Gasteiger partial charge on any atom is -0.480 e. The fraction of sp³-hybridized carbons (Fsp3) is 0.462. The van der Waals surface area contributed by atoms with Crippen LogP contribution in [0.5, 0.6) is 0 Å². The molecule has 0 bridgehead atoms. The molecule has 1 heterocycles. The number of nitrogens with one attached hydrogen (secondary N) is 1. The molecule has 0 aliphatic carbocycles. The Labute approximate surface area is 101 Å². The van der Waals surface area contributed by atoms with Crippen molar-refractivity contribution in [2.45, 2.75) is 24.9 Å². The van der Waals surface area contributed by atoms with Crippen LogP contribution in [0, 0.1) is 0 Å². The first kappa shape index (κ1) is 12.1. The van der Waals surface area contributed by atoms with Gasteiger partial charge in [0.05, 0.1) is 6.61 Å². The molecule has 1 saturated heterocycles. The predicted octanol–water partition coefficient (Wildman–Crippen LogP) is 1.41. The molecule has 4 nitrogen and oxygen atoms in total. The van der Waals surface area contributed by atoms with Crippen molar-refractivity contribution in [3.05, 3.63) is 35.9 Å². The molecule has 17 heavy (non-hydrogen) atoms. The molecule has 1 fully saturated rings. The molecule has 0 radical (unpaired) electrons. The lowest BCUT2D eigenvalue weighted by Crippen LogP contribution is -2.57. The van der Waals surface area contributed by atoms with Crippen LogP contribution in [-0.4, -0.2) is 29.8 Å². The van der Waals surface area contributed by atoms with E-state index in [-0.39, 0.29) is 6.61 Å². The molecule has 1 aliphatic rings. The zero-order valence-electron chi connectivity index (χ0n) is 9.69. The maximum absolute atomic E-state index is 11.4. The van der Waals surface area contributed by atoms with Gasteiger partial charge in [-0.25, -0.2) is 0 Å². The first-order valence-electron chi connectivity index (χ1n) is 5.83. The number of benzene rings is 1. The summed E-state index contributed by atoms with van der Waals surface area (Å²) in [4.78, 5) is 11.4. The molecule has 92 valence electrons.